The summed E-state index contributed by atoms with van der Waals surface area (Å²) in [6, 6.07) is 10.8. The van der Waals surface area contributed by atoms with E-state index >= 15 is 0 Å². The topological polar surface area (TPSA) is 83.4 Å². The first-order valence-electron chi connectivity index (χ1n) is 14.2. The van der Waals surface area contributed by atoms with Crippen molar-refractivity contribution < 1.29 is 13.2 Å². The zero-order valence-electron chi connectivity index (χ0n) is 25.7. The molecular weight excluding hydrogens is 548 g/mol. The fourth-order valence-corrected chi connectivity index (χ4v) is 5.20. The van der Waals surface area contributed by atoms with Gasteiger partial charge in [-0.05, 0) is 34.1 Å². The van der Waals surface area contributed by atoms with Gasteiger partial charge in [0.1, 0.15) is 58.4 Å². The van der Waals surface area contributed by atoms with Crippen LogP contribution < -0.4 is 5.69 Å². The van der Waals surface area contributed by atoms with Gasteiger partial charge in [0.05, 0.1) is 18.4 Å². The standard InChI is InChI=1S/C26H30B6F3N7O/c1-13(2)19-16(4-3-9-36-19)20-37-10-17-22(39-20)40(23(43)42(17)26(30,31)32)11-14-5-7-15(8-6-14)21-38-18(24(33,34)35)12-41(21)25(27,28)29/h3-10,12-13H,11,27-32H2,1-2H3. The molecule has 0 amide bonds. The van der Waals surface area contributed by atoms with E-state index in [-0.39, 0.29) is 24.0 Å². The van der Waals surface area contributed by atoms with E-state index in [1.54, 1.807) is 45.8 Å². The van der Waals surface area contributed by atoms with Crippen molar-refractivity contribution in [1.82, 2.24) is 33.6 Å². The predicted octanol–water partition coefficient (Wildman–Crippen LogP) is -1.36. The Hall–Kier alpha value is -3.89. The van der Waals surface area contributed by atoms with Crippen LogP contribution in [0.2, 0.25) is 0 Å². The molecule has 1 aromatic carbocycles. The summed E-state index contributed by atoms with van der Waals surface area (Å²) in [6.07, 6.45) is -0.0784. The van der Waals surface area contributed by atoms with Gasteiger partial charge in [-0.25, -0.2) is 19.7 Å². The molecule has 4 heterocycles. The van der Waals surface area contributed by atoms with Gasteiger partial charge >= 0.3 is 11.9 Å². The maximum absolute atomic E-state index is 13.8. The van der Waals surface area contributed by atoms with Crippen LogP contribution in [0.4, 0.5) is 13.2 Å². The normalized spacial score (nSPS) is 12.8. The fraction of sp³-hybridized carbons (Fsp3) is 0.269. The number of nitrogens with zero attached hydrogens (tertiary/aromatic N) is 7. The monoisotopic (exact) mass is 579 g/mol. The van der Waals surface area contributed by atoms with Gasteiger partial charge in [-0.3, -0.25) is 9.55 Å². The smallest absolute Gasteiger partial charge is 0.348 e. The molecule has 0 radical (unpaired) electrons. The Labute approximate surface area is 253 Å². The van der Waals surface area contributed by atoms with Crippen molar-refractivity contribution in [3.05, 3.63) is 82.4 Å². The highest BCUT2D eigenvalue weighted by Gasteiger charge is 2.36. The van der Waals surface area contributed by atoms with Crippen LogP contribution in [0, 0.1) is 0 Å². The van der Waals surface area contributed by atoms with E-state index in [2.05, 4.69) is 28.8 Å². The summed E-state index contributed by atoms with van der Waals surface area (Å²) in [5, 5.41) is -1.15. The number of pyridine rings is 1. The molecule has 43 heavy (non-hydrogen) atoms. The van der Waals surface area contributed by atoms with Crippen molar-refractivity contribution in [2.24, 2.45) is 0 Å². The molecule has 17 heteroatoms. The van der Waals surface area contributed by atoms with Gasteiger partial charge in [0.25, 0.3) is 0 Å². The lowest BCUT2D eigenvalue weighted by atomic mass is 9.49. The number of benzene rings is 1. The number of fused-ring (bicyclic) bond motifs is 1. The van der Waals surface area contributed by atoms with E-state index in [9.17, 15) is 18.0 Å². The molecule has 0 saturated heterocycles. The van der Waals surface area contributed by atoms with Gasteiger partial charge in [-0.1, -0.05) is 38.1 Å². The number of imidazole rings is 2. The molecule has 0 fully saturated rings. The van der Waals surface area contributed by atoms with Gasteiger partial charge < -0.3 is 9.13 Å². The Morgan fingerprint density at radius 1 is 0.907 bits per heavy atom. The van der Waals surface area contributed by atoms with Crippen LogP contribution in [0.15, 0.2) is 59.8 Å². The van der Waals surface area contributed by atoms with Crippen LogP contribution in [0.25, 0.3) is 33.9 Å². The lowest BCUT2D eigenvalue weighted by Crippen LogP contribution is -2.43. The molecule has 0 atom stereocenters. The number of halogens is 3. The van der Waals surface area contributed by atoms with Crippen LogP contribution in [0.1, 0.15) is 36.7 Å². The van der Waals surface area contributed by atoms with Crippen molar-refractivity contribution in [2.45, 2.75) is 43.0 Å². The highest BCUT2D eigenvalue weighted by molar-refractivity contribution is 6.57. The largest absolute Gasteiger partial charge is 0.434 e. The second-order valence-corrected chi connectivity index (χ2v) is 13.1. The maximum atomic E-state index is 13.8. The predicted molar refractivity (Wildman–Crippen MR) is 178 cm³/mol. The number of hydrogen-bond acceptors (Lipinski definition) is 5. The molecule has 4 aromatic heterocycles. The quantitative estimate of drug-likeness (QED) is 0.223. The summed E-state index contributed by atoms with van der Waals surface area (Å²) in [5.41, 5.74) is 2.93. The zero-order valence-corrected chi connectivity index (χ0v) is 25.7. The molecule has 0 aliphatic heterocycles. The Morgan fingerprint density at radius 2 is 1.58 bits per heavy atom. The minimum absolute atomic E-state index is 0.150. The molecular formula is C26H30B6F3N7O. The molecule has 0 aliphatic rings. The molecule has 0 saturated carbocycles. The highest BCUT2D eigenvalue weighted by atomic mass is 19.4. The van der Waals surface area contributed by atoms with E-state index < -0.39 is 22.3 Å². The first-order valence-corrected chi connectivity index (χ1v) is 14.2. The number of rotatable bonds is 7. The summed E-state index contributed by atoms with van der Waals surface area (Å²) in [6.45, 7) is 4.32. The highest BCUT2D eigenvalue weighted by Crippen LogP contribution is 2.33. The number of aromatic nitrogens is 7. The Kier molecular flexibility index (Phi) is 7.59. The van der Waals surface area contributed by atoms with E-state index in [1.165, 1.54) is 4.57 Å². The van der Waals surface area contributed by atoms with Crippen molar-refractivity contribution in [3.8, 4) is 22.8 Å². The summed E-state index contributed by atoms with van der Waals surface area (Å²) in [5.74, 6) is 0.855. The Bertz CT molecular complexity index is 1870. The molecule has 214 valence electrons. The number of hydrogen-bond donors (Lipinski definition) is 0. The van der Waals surface area contributed by atoms with Gasteiger partial charge in [0, 0.05) is 23.5 Å². The van der Waals surface area contributed by atoms with Crippen molar-refractivity contribution >= 4 is 58.2 Å². The van der Waals surface area contributed by atoms with E-state index in [0.29, 0.717) is 22.6 Å². The summed E-state index contributed by atoms with van der Waals surface area (Å²) in [7, 11) is 11.3. The Balaban J connectivity index is 1.60. The van der Waals surface area contributed by atoms with Crippen molar-refractivity contribution in [2.75, 3.05) is 0 Å². The Morgan fingerprint density at radius 3 is 2.16 bits per heavy atom. The molecule has 5 rings (SSSR count). The molecule has 5 aromatic rings. The first kappa shape index (κ1) is 30.6. The molecule has 0 aliphatic carbocycles. The lowest BCUT2D eigenvalue weighted by Gasteiger charge is -2.23. The number of alkyl halides is 3. The summed E-state index contributed by atoms with van der Waals surface area (Å²) < 4.78 is 45.4. The molecule has 0 bridgehead atoms. The zero-order chi connectivity index (χ0) is 31.5. The van der Waals surface area contributed by atoms with Gasteiger partial charge in [0.2, 0.25) is 0 Å². The third kappa shape index (κ3) is 5.86. The average molecular weight is 578 g/mol. The first-order chi connectivity index (χ1) is 20.0. The SMILES string of the molecule is BC(B)(B)n1cc(C(F)(F)F)nc1-c1ccc(Cn2c(=O)n(C(B)(B)B)c3cnc(-c4cccnc4C(C)C)nc32)cc1. The van der Waals surface area contributed by atoms with Crippen molar-refractivity contribution in [3.63, 3.8) is 0 Å². The van der Waals surface area contributed by atoms with Crippen molar-refractivity contribution in [1.29, 1.82) is 0 Å². The maximum Gasteiger partial charge on any atom is 0.434 e. The summed E-state index contributed by atoms with van der Waals surface area (Å²) >= 11 is 0. The third-order valence-corrected chi connectivity index (χ3v) is 7.24. The molecule has 0 spiro atoms. The average Bonchev–Trinajstić information content (AvgIpc) is 3.49. The van der Waals surface area contributed by atoms with Crippen LogP contribution in [0.5, 0.6) is 0 Å². The van der Waals surface area contributed by atoms with Crippen LogP contribution in [-0.4, -0.2) is 80.7 Å². The lowest BCUT2D eigenvalue weighted by molar-refractivity contribution is -0.140. The second-order valence-electron chi connectivity index (χ2n) is 13.1. The summed E-state index contributed by atoms with van der Waals surface area (Å²) in [4.78, 5) is 31.8. The molecule has 8 nitrogen and oxygen atoms in total. The fourth-order valence-electron chi connectivity index (χ4n) is 5.20. The molecule has 0 unspecified atom stereocenters. The van der Waals surface area contributed by atoms with E-state index in [0.717, 1.165) is 23.0 Å². The van der Waals surface area contributed by atoms with Crippen LogP contribution in [0.3, 0.4) is 0 Å². The van der Waals surface area contributed by atoms with Gasteiger partial charge in [0.15, 0.2) is 17.2 Å². The van der Waals surface area contributed by atoms with Gasteiger partial charge in [-0.15, -0.1) is 0 Å². The van der Waals surface area contributed by atoms with E-state index in [4.69, 9.17) is 4.98 Å². The van der Waals surface area contributed by atoms with Gasteiger partial charge in [-0.2, -0.15) is 13.2 Å². The van der Waals surface area contributed by atoms with Crippen LogP contribution in [-0.2, 0) is 23.2 Å². The minimum Gasteiger partial charge on any atom is -0.348 e. The second kappa shape index (κ2) is 10.7. The third-order valence-electron chi connectivity index (χ3n) is 7.24. The minimum atomic E-state index is -4.56. The van der Waals surface area contributed by atoms with E-state index in [1.807, 2.05) is 59.2 Å². The molecule has 0 N–H and O–H groups in total. The van der Waals surface area contributed by atoms with Crippen LogP contribution >= 0.6 is 0 Å².